The fourth-order valence-electron chi connectivity index (χ4n) is 1.57. The van der Waals surface area contributed by atoms with Gasteiger partial charge in [0.25, 0.3) is 0 Å². The molecule has 0 aromatic heterocycles. The fourth-order valence-corrected chi connectivity index (χ4v) is 1.57. The van der Waals surface area contributed by atoms with Crippen molar-refractivity contribution in [2.45, 2.75) is 6.23 Å². The molecule has 0 radical (unpaired) electrons. The molecule has 1 unspecified atom stereocenters. The van der Waals surface area contributed by atoms with Crippen LogP contribution in [0.2, 0.25) is 0 Å². The van der Waals surface area contributed by atoms with Gasteiger partial charge in [0.05, 0.1) is 18.4 Å². The van der Waals surface area contributed by atoms with Crippen LogP contribution in [-0.4, -0.2) is 37.2 Å². The van der Waals surface area contributed by atoms with Crippen molar-refractivity contribution in [2.24, 2.45) is 4.99 Å². The Labute approximate surface area is 93.7 Å². The van der Waals surface area contributed by atoms with E-state index in [9.17, 15) is 0 Å². The lowest BCUT2D eigenvalue weighted by atomic mass is 10.3. The van der Waals surface area contributed by atoms with E-state index in [0.717, 1.165) is 0 Å². The van der Waals surface area contributed by atoms with Crippen LogP contribution in [-0.2, 0) is 0 Å². The van der Waals surface area contributed by atoms with Crippen LogP contribution in [0.1, 0.15) is 5.48 Å². The van der Waals surface area contributed by atoms with Crippen LogP contribution in [0.3, 0.4) is 0 Å². The maximum Gasteiger partial charge on any atom is 0.207 e. The third-order valence-electron chi connectivity index (χ3n) is 2.33. The van der Waals surface area contributed by atoms with Gasteiger partial charge in [0.15, 0.2) is 11.5 Å². The first kappa shape index (κ1) is 5.39. The summed E-state index contributed by atoms with van der Waals surface area (Å²) in [6.45, 7) is 1.62. The zero-order valence-electron chi connectivity index (χ0n) is 12.0. The Kier molecular flexibility index (Phi) is 1.24. The number of hydrogen-bond acceptors (Lipinski definition) is 4. The first-order chi connectivity index (χ1) is 9.09. The summed E-state index contributed by atoms with van der Waals surface area (Å²) >= 11 is 0. The highest BCUT2D eigenvalue weighted by Gasteiger charge is 2.26. The van der Waals surface area contributed by atoms with E-state index >= 15 is 0 Å². The molecule has 78 valence electrons. The molecular formula is C11H12N2O2. The average Bonchev–Trinajstić information content (AvgIpc) is 2.96. The lowest BCUT2D eigenvalue weighted by Crippen LogP contribution is -2.43. The lowest BCUT2D eigenvalue weighted by Gasteiger charge is -2.31. The van der Waals surface area contributed by atoms with Gasteiger partial charge in [0.2, 0.25) is 6.23 Å². The zero-order valence-corrected chi connectivity index (χ0v) is 7.99. The van der Waals surface area contributed by atoms with Crippen molar-refractivity contribution in [3.63, 3.8) is 0 Å². The molecule has 0 fully saturated rings. The normalized spacial score (nSPS) is 26.9. The maximum atomic E-state index is 7.82. The molecule has 2 heterocycles. The topological polar surface area (TPSA) is 34.1 Å². The van der Waals surface area contributed by atoms with Crippen molar-refractivity contribution in [1.29, 1.82) is 0 Å². The summed E-state index contributed by atoms with van der Waals surface area (Å²) < 4.78 is 41.9. The predicted octanol–water partition coefficient (Wildman–Crippen LogP) is 1.13. The van der Waals surface area contributed by atoms with Crippen LogP contribution in [0.15, 0.2) is 29.2 Å². The lowest BCUT2D eigenvalue weighted by molar-refractivity contribution is 0.0149. The Hall–Kier alpha value is -1.71. The molecule has 0 amide bonds. The Bertz CT molecular complexity index is 564. The molecule has 1 aromatic rings. The van der Waals surface area contributed by atoms with Crippen molar-refractivity contribution in [3.8, 4) is 11.5 Å². The van der Waals surface area contributed by atoms with Gasteiger partial charge in [-0.25, -0.2) is 0 Å². The van der Waals surface area contributed by atoms with E-state index in [0.29, 0.717) is 13.1 Å². The summed E-state index contributed by atoms with van der Waals surface area (Å²) in [6.07, 6.45) is 1.27. The number of benzene rings is 1. The largest absolute Gasteiger partial charge is 0.484 e. The molecule has 0 bridgehead atoms. The standard InChI is InChI=1S/C11H12N2O2/c1-2-4-10-9(3-1)14-7-11(15-10)13-6-5-12-8-13/h1-4,8,11H,5-7H2/i1D,2D,3D,4D. The Morgan fingerprint density at radius 2 is 2.27 bits per heavy atom. The quantitative estimate of drug-likeness (QED) is 0.693. The number of hydrogen-bond donors (Lipinski definition) is 0. The molecule has 4 heteroatoms. The fraction of sp³-hybridized carbons (Fsp3) is 0.364. The minimum Gasteiger partial charge on any atom is -0.484 e. The van der Waals surface area contributed by atoms with Crippen molar-refractivity contribution in [3.05, 3.63) is 24.2 Å². The first-order valence-corrected chi connectivity index (χ1v) is 4.75. The van der Waals surface area contributed by atoms with Gasteiger partial charge < -0.3 is 14.4 Å². The summed E-state index contributed by atoms with van der Waals surface area (Å²) in [4.78, 5) is 5.93. The third-order valence-corrected chi connectivity index (χ3v) is 2.33. The molecule has 4 nitrogen and oxygen atoms in total. The molecule has 0 saturated heterocycles. The van der Waals surface area contributed by atoms with Crippen molar-refractivity contribution in [1.82, 2.24) is 4.90 Å². The molecule has 1 atom stereocenters. The number of fused-ring (bicyclic) bond motifs is 1. The zero-order chi connectivity index (χ0) is 13.6. The molecule has 2 aliphatic rings. The molecule has 15 heavy (non-hydrogen) atoms. The van der Waals surface area contributed by atoms with Crippen LogP contribution in [0, 0.1) is 0 Å². The summed E-state index contributed by atoms with van der Waals surface area (Å²) in [5, 5.41) is 0. The molecule has 3 rings (SSSR count). The van der Waals surface area contributed by atoms with Crippen molar-refractivity contribution in [2.75, 3.05) is 19.7 Å². The van der Waals surface area contributed by atoms with Gasteiger partial charge in [-0.15, -0.1) is 0 Å². The molecule has 0 N–H and O–H groups in total. The Morgan fingerprint density at radius 1 is 1.40 bits per heavy atom. The highest BCUT2D eigenvalue weighted by Crippen LogP contribution is 2.31. The summed E-state index contributed by atoms with van der Waals surface area (Å²) in [7, 11) is 0. The molecule has 0 aliphatic carbocycles. The summed E-state index contributed by atoms with van der Waals surface area (Å²) in [5.74, 6) is 0.154. The van der Waals surface area contributed by atoms with Crippen LogP contribution in [0.4, 0.5) is 0 Å². The van der Waals surface area contributed by atoms with Crippen molar-refractivity contribution < 1.29 is 15.0 Å². The van der Waals surface area contributed by atoms with Gasteiger partial charge in [-0.3, -0.25) is 4.99 Å². The van der Waals surface area contributed by atoms with Gasteiger partial charge in [0.1, 0.15) is 6.61 Å². The minimum absolute atomic E-state index is 0.0718. The number of para-hydroxylation sites is 2. The van der Waals surface area contributed by atoms with Crippen LogP contribution in [0.5, 0.6) is 11.5 Å². The molecule has 1 aromatic carbocycles. The number of nitrogens with zero attached hydrogens (tertiary/aromatic N) is 2. The summed E-state index contributed by atoms with van der Waals surface area (Å²) in [5.41, 5.74) is 0. The second-order valence-electron chi connectivity index (χ2n) is 3.30. The third kappa shape index (κ3) is 1.52. The average molecular weight is 208 g/mol. The van der Waals surface area contributed by atoms with E-state index < -0.39 is 6.23 Å². The molecule has 2 aliphatic heterocycles. The van der Waals surface area contributed by atoms with E-state index in [-0.39, 0.29) is 42.3 Å². The van der Waals surface area contributed by atoms with Crippen LogP contribution < -0.4 is 9.47 Å². The van der Waals surface area contributed by atoms with E-state index in [1.807, 2.05) is 4.90 Å². The first-order valence-electron chi connectivity index (χ1n) is 6.75. The Balaban J connectivity index is 1.98. The second kappa shape index (κ2) is 3.46. The van der Waals surface area contributed by atoms with E-state index in [4.69, 9.17) is 15.0 Å². The number of rotatable bonds is 1. The maximum absolute atomic E-state index is 7.82. The second-order valence-corrected chi connectivity index (χ2v) is 3.30. The van der Waals surface area contributed by atoms with Gasteiger partial charge in [-0.05, 0) is 12.1 Å². The smallest absolute Gasteiger partial charge is 0.207 e. The van der Waals surface area contributed by atoms with E-state index in [1.165, 1.54) is 0 Å². The van der Waals surface area contributed by atoms with Gasteiger partial charge in [-0.1, -0.05) is 12.1 Å². The van der Waals surface area contributed by atoms with E-state index in [2.05, 4.69) is 4.99 Å². The van der Waals surface area contributed by atoms with Gasteiger partial charge in [0, 0.05) is 6.54 Å². The number of aliphatic imine (C=N–C) groups is 1. The summed E-state index contributed by atoms with van der Waals surface area (Å²) in [6, 6.07) is -1.04. The Morgan fingerprint density at radius 3 is 3.07 bits per heavy atom. The van der Waals surface area contributed by atoms with Gasteiger partial charge >= 0.3 is 0 Å². The van der Waals surface area contributed by atoms with Crippen LogP contribution in [0.25, 0.3) is 0 Å². The minimum atomic E-state index is -0.404. The van der Waals surface area contributed by atoms with E-state index in [1.54, 1.807) is 6.34 Å². The van der Waals surface area contributed by atoms with Crippen LogP contribution >= 0.6 is 0 Å². The molecule has 0 saturated carbocycles. The molecule has 0 spiro atoms. The SMILES string of the molecule is [2H]c1c([2H])c([2H])c2c(c1[2H])OCC(N1C=NCC1)O2. The van der Waals surface area contributed by atoms with Crippen molar-refractivity contribution >= 4 is 6.34 Å². The monoisotopic (exact) mass is 208 g/mol. The molecular weight excluding hydrogens is 192 g/mol. The highest BCUT2D eigenvalue weighted by atomic mass is 16.6. The number of ether oxygens (including phenoxy) is 2. The highest BCUT2D eigenvalue weighted by molar-refractivity contribution is 5.57. The predicted molar refractivity (Wildman–Crippen MR) is 56.4 cm³/mol. The van der Waals surface area contributed by atoms with Gasteiger partial charge in [-0.2, -0.15) is 0 Å².